The third-order valence-electron chi connectivity index (χ3n) is 0.408. The van der Waals surface area contributed by atoms with Crippen LogP contribution in [0.25, 0.3) is 0 Å². The minimum Gasteiger partial charge on any atom is -0.163 e. The van der Waals surface area contributed by atoms with Crippen LogP contribution in [0, 0.1) is 0 Å². The summed E-state index contributed by atoms with van der Waals surface area (Å²) in [4.78, 5) is 0. The number of rotatable bonds is 2. The summed E-state index contributed by atoms with van der Waals surface area (Å²) in [5, 5.41) is 0. The van der Waals surface area contributed by atoms with Crippen LogP contribution in [0.15, 0.2) is 0 Å². The zero-order valence-electron chi connectivity index (χ0n) is 3.82. The van der Waals surface area contributed by atoms with Crippen LogP contribution in [0.5, 0.6) is 0 Å². The number of hydrogen-bond donors (Lipinski definition) is 0. The Bertz CT molecular complexity index is 11.9. The molecule has 0 aromatic rings. The predicted molar refractivity (Wildman–Crippen MR) is 48.9 cm³/mol. The van der Waals surface area contributed by atoms with E-state index in [1.54, 1.807) is 0 Å². The van der Waals surface area contributed by atoms with Crippen LogP contribution >= 0.6 is 11.8 Å². The van der Waals surface area contributed by atoms with Gasteiger partial charge in [0, 0.05) is 0 Å². The first-order valence-electron chi connectivity index (χ1n) is 1.99. The van der Waals surface area contributed by atoms with Gasteiger partial charge in [0.05, 0.1) is 0 Å². The van der Waals surface area contributed by atoms with E-state index < -0.39 is 0 Å². The second-order valence-corrected chi connectivity index (χ2v) is 2.34. The molecule has 0 unspecified atom stereocenters. The Kier molecular flexibility index (Phi) is 78.7. The largest absolute Gasteiger partial charge is 0.163 e. The van der Waals surface area contributed by atoms with Gasteiger partial charge in [0.2, 0.25) is 0 Å². The maximum absolute atomic E-state index is 2.17. The predicted octanol–water partition coefficient (Wildman–Crippen LogP) is 3.67. The summed E-state index contributed by atoms with van der Waals surface area (Å²) >= 11 is 1.96. The minimum atomic E-state index is 0. The second-order valence-electron chi connectivity index (χ2n) is 0.781. The van der Waals surface area contributed by atoms with Crippen LogP contribution in [0.1, 0.15) is 36.1 Å². The molecule has 0 nitrogen and oxygen atoms in total. The van der Waals surface area contributed by atoms with Crippen molar-refractivity contribution in [2.45, 2.75) is 36.1 Å². The summed E-state index contributed by atoms with van der Waals surface area (Å²) in [7, 11) is 0. The van der Waals surface area contributed by atoms with Crippen molar-refractivity contribution in [1.29, 1.82) is 0 Å². The van der Waals surface area contributed by atoms with Gasteiger partial charge in [-0.3, -0.25) is 0 Å². The Morgan fingerprint density at radius 1 is 0.875 bits per heavy atom. The minimum absolute atomic E-state index is 0. The summed E-state index contributed by atoms with van der Waals surface area (Å²) in [5.74, 6) is 2.52. The normalized spacial score (nSPS) is 5.25. The highest BCUT2D eigenvalue weighted by atomic mass is 32.2. The maximum atomic E-state index is 2.17. The standard InChI is InChI=1S/C4H10S.3CH4/c1-3-5-4-2;;;/h3-4H2,1-2H3;3*1H4. The van der Waals surface area contributed by atoms with E-state index in [-0.39, 0.29) is 22.3 Å². The monoisotopic (exact) mass is 138 g/mol. The topological polar surface area (TPSA) is 0 Å². The van der Waals surface area contributed by atoms with Crippen LogP contribution in [-0.2, 0) is 0 Å². The number of thioether (sulfide) groups is 1. The van der Waals surface area contributed by atoms with Crippen LogP contribution in [-0.4, -0.2) is 11.5 Å². The van der Waals surface area contributed by atoms with E-state index in [9.17, 15) is 0 Å². The first-order chi connectivity index (χ1) is 2.41. The molecule has 0 saturated heterocycles. The van der Waals surface area contributed by atoms with Gasteiger partial charge >= 0.3 is 0 Å². The van der Waals surface area contributed by atoms with Gasteiger partial charge in [-0.15, -0.1) is 0 Å². The van der Waals surface area contributed by atoms with Crippen molar-refractivity contribution >= 4 is 11.8 Å². The van der Waals surface area contributed by atoms with Crippen molar-refractivity contribution in [2.75, 3.05) is 11.5 Å². The van der Waals surface area contributed by atoms with Gasteiger partial charge in [0.1, 0.15) is 0 Å². The smallest absolute Gasteiger partial charge is 0.00961 e. The quantitative estimate of drug-likeness (QED) is 0.561. The van der Waals surface area contributed by atoms with Gasteiger partial charge in [0.15, 0.2) is 0 Å². The van der Waals surface area contributed by atoms with Gasteiger partial charge in [0.25, 0.3) is 0 Å². The number of hydrogen-bond acceptors (Lipinski definition) is 1. The molecule has 0 rings (SSSR count). The van der Waals surface area contributed by atoms with Gasteiger partial charge < -0.3 is 0 Å². The molecule has 0 aliphatic heterocycles. The maximum Gasteiger partial charge on any atom is -0.00961 e. The molecule has 0 aromatic heterocycles. The first kappa shape index (κ1) is 23.8. The third-order valence-corrected chi connectivity index (χ3v) is 1.22. The molecule has 8 heavy (non-hydrogen) atoms. The molecule has 56 valence electrons. The fourth-order valence-electron chi connectivity index (χ4n) is 0.204. The third kappa shape index (κ3) is 32.9. The lowest BCUT2D eigenvalue weighted by Gasteiger charge is -1.80. The molecular formula is C7H22S. The highest BCUT2D eigenvalue weighted by molar-refractivity contribution is 7.99. The van der Waals surface area contributed by atoms with E-state index in [1.165, 1.54) is 11.5 Å². The van der Waals surface area contributed by atoms with Gasteiger partial charge in [-0.1, -0.05) is 36.1 Å². The van der Waals surface area contributed by atoms with Crippen molar-refractivity contribution in [3.05, 3.63) is 0 Å². The summed E-state index contributed by atoms with van der Waals surface area (Å²) < 4.78 is 0. The lowest BCUT2D eigenvalue weighted by molar-refractivity contribution is 1.46. The fraction of sp³-hybridized carbons (Fsp3) is 1.00. The fourth-order valence-corrected chi connectivity index (χ4v) is 0.612. The summed E-state index contributed by atoms with van der Waals surface area (Å²) in [6.45, 7) is 4.35. The molecule has 0 spiro atoms. The molecule has 0 fully saturated rings. The molecule has 0 bridgehead atoms. The summed E-state index contributed by atoms with van der Waals surface area (Å²) in [5.41, 5.74) is 0. The molecule has 0 atom stereocenters. The molecule has 0 aliphatic carbocycles. The zero-order chi connectivity index (χ0) is 4.12. The van der Waals surface area contributed by atoms with Gasteiger partial charge in [-0.2, -0.15) is 11.8 Å². The molecule has 0 heterocycles. The average Bonchev–Trinajstić information content (AvgIpc) is 1.41. The van der Waals surface area contributed by atoms with Crippen molar-refractivity contribution < 1.29 is 0 Å². The Balaban J connectivity index is -0.0000000267. The van der Waals surface area contributed by atoms with Gasteiger partial charge in [-0.25, -0.2) is 0 Å². The highest BCUT2D eigenvalue weighted by Gasteiger charge is 1.67. The van der Waals surface area contributed by atoms with Crippen LogP contribution in [0.4, 0.5) is 0 Å². The molecule has 0 saturated carbocycles. The lowest BCUT2D eigenvalue weighted by Crippen LogP contribution is -1.64. The molecule has 1 heteroatoms. The van der Waals surface area contributed by atoms with E-state index in [0.29, 0.717) is 0 Å². The molecule has 0 radical (unpaired) electrons. The zero-order valence-corrected chi connectivity index (χ0v) is 4.64. The Morgan fingerprint density at radius 2 is 1.12 bits per heavy atom. The Morgan fingerprint density at radius 3 is 1.12 bits per heavy atom. The van der Waals surface area contributed by atoms with Gasteiger partial charge in [-0.05, 0) is 11.5 Å². The molecular weight excluding hydrogens is 116 g/mol. The van der Waals surface area contributed by atoms with Crippen molar-refractivity contribution in [1.82, 2.24) is 0 Å². The molecule has 0 aliphatic rings. The average molecular weight is 138 g/mol. The van der Waals surface area contributed by atoms with Crippen molar-refractivity contribution in [2.24, 2.45) is 0 Å². The van der Waals surface area contributed by atoms with E-state index in [0.717, 1.165) is 0 Å². The van der Waals surface area contributed by atoms with E-state index in [4.69, 9.17) is 0 Å². The van der Waals surface area contributed by atoms with Crippen LogP contribution in [0.2, 0.25) is 0 Å². The van der Waals surface area contributed by atoms with E-state index >= 15 is 0 Å². The lowest BCUT2D eigenvalue weighted by atomic mass is 11.0. The Hall–Kier alpha value is 0.350. The summed E-state index contributed by atoms with van der Waals surface area (Å²) in [6.07, 6.45) is 0. The highest BCUT2D eigenvalue weighted by Crippen LogP contribution is 1.93. The first-order valence-corrected chi connectivity index (χ1v) is 3.15. The van der Waals surface area contributed by atoms with E-state index in [1.807, 2.05) is 11.8 Å². The van der Waals surface area contributed by atoms with Crippen molar-refractivity contribution in [3.63, 3.8) is 0 Å². The SMILES string of the molecule is C.C.C.CCSCC. The Labute approximate surface area is 60.1 Å². The van der Waals surface area contributed by atoms with Crippen LogP contribution < -0.4 is 0 Å². The van der Waals surface area contributed by atoms with Crippen LogP contribution in [0.3, 0.4) is 0 Å². The van der Waals surface area contributed by atoms with E-state index in [2.05, 4.69) is 13.8 Å². The molecule has 0 aromatic carbocycles. The van der Waals surface area contributed by atoms with Crippen molar-refractivity contribution in [3.8, 4) is 0 Å². The second kappa shape index (κ2) is 26.4. The molecule has 0 amide bonds. The molecule has 0 N–H and O–H groups in total. The summed E-state index contributed by atoms with van der Waals surface area (Å²) in [6, 6.07) is 0.